The monoisotopic (exact) mass is 356 g/mol. The molecule has 3 nitrogen and oxygen atoms in total. The average Bonchev–Trinajstić information content (AvgIpc) is 3.12. The minimum Gasteiger partial charge on any atom is -0.323 e. The number of nitrogens with zero attached hydrogens (tertiary/aromatic N) is 1. The molecule has 0 aliphatic rings. The fraction of sp³-hybridized carbons (Fsp3) is 0. The topological polar surface area (TPSA) is 42.0 Å². The van der Waals surface area contributed by atoms with E-state index in [1.807, 2.05) is 72.8 Å². The minimum absolute atomic E-state index is 0.151. The normalized spacial score (nSPS) is 11.1. The highest BCUT2D eigenvalue weighted by Gasteiger charge is 2.06. The highest BCUT2D eigenvalue weighted by Crippen LogP contribution is 2.30. The summed E-state index contributed by atoms with van der Waals surface area (Å²) < 4.78 is 1.17. The van der Waals surface area contributed by atoms with Gasteiger partial charge in [-0.2, -0.15) is 0 Å². The molecule has 1 aromatic heterocycles. The summed E-state index contributed by atoms with van der Waals surface area (Å²) in [4.78, 5) is 16.7. The van der Waals surface area contributed by atoms with Crippen molar-refractivity contribution in [3.63, 3.8) is 0 Å². The standard InChI is InChI=1S/C22H16N2OS/c25-21(15-10-16-6-2-1-3-7-16)23-18-13-11-17(12-14-18)22-24-19-8-4-5-9-20(19)26-22/h1-15H,(H,23,25). The van der Waals surface area contributed by atoms with Crippen LogP contribution in [0.3, 0.4) is 0 Å². The van der Waals surface area contributed by atoms with Crippen LogP contribution in [-0.2, 0) is 4.79 Å². The van der Waals surface area contributed by atoms with E-state index in [1.54, 1.807) is 17.4 Å². The van der Waals surface area contributed by atoms with Crippen molar-refractivity contribution in [2.75, 3.05) is 5.32 Å². The molecule has 4 aromatic rings. The summed E-state index contributed by atoms with van der Waals surface area (Å²) in [6.45, 7) is 0. The van der Waals surface area contributed by atoms with Crippen LogP contribution in [0.25, 0.3) is 26.9 Å². The Labute approximate surface area is 155 Å². The van der Waals surface area contributed by atoms with Crippen LogP contribution in [0.1, 0.15) is 5.56 Å². The first-order valence-corrected chi connectivity index (χ1v) is 9.10. The van der Waals surface area contributed by atoms with Crippen molar-refractivity contribution in [2.45, 2.75) is 0 Å². The van der Waals surface area contributed by atoms with Gasteiger partial charge in [0, 0.05) is 17.3 Å². The number of benzene rings is 3. The molecule has 0 saturated heterocycles. The molecule has 0 radical (unpaired) electrons. The van der Waals surface area contributed by atoms with Gasteiger partial charge < -0.3 is 5.32 Å². The third-order valence-corrected chi connectivity index (χ3v) is 5.01. The zero-order valence-electron chi connectivity index (χ0n) is 13.9. The first kappa shape index (κ1) is 16.2. The Kier molecular flexibility index (Phi) is 4.58. The zero-order chi connectivity index (χ0) is 17.8. The maximum absolute atomic E-state index is 12.0. The lowest BCUT2D eigenvalue weighted by molar-refractivity contribution is -0.111. The first-order chi connectivity index (χ1) is 12.8. The Bertz CT molecular complexity index is 1030. The molecule has 4 rings (SSSR count). The molecule has 1 heterocycles. The number of hydrogen-bond acceptors (Lipinski definition) is 3. The van der Waals surface area contributed by atoms with Gasteiger partial charge >= 0.3 is 0 Å². The number of hydrogen-bond donors (Lipinski definition) is 1. The lowest BCUT2D eigenvalue weighted by Crippen LogP contribution is -2.07. The summed E-state index contributed by atoms with van der Waals surface area (Å²) in [6, 6.07) is 25.6. The highest BCUT2D eigenvalue weighted by atomic mass is 32.1. The Morgan fingerprint density at radius 2 is 1.62 bits per heavy atom. The largest absolute Gasteiger partial charge is 0.323 e. The lowest BCUT2D eigenvalue weighted by Gasteiger charge is -2.03. The van der Waals surface area contributed by atoms with E-state index in [0.29, 0.717) is 0 Å². The average molecular weight is 356 g/mol. The Balaban J connectivity index is 1.45. The van der Waals surface area contributed by atoms with Crippen LogP contribution < -0.4 is 5.32 Å². The number of anilines is 1. The molecule has 0 saturated carbocycles. The first-order valence-electron chi connectivity index (χ1n) is 8.28. The van der Waals surface area contributed by atoms with Crippen LogP contribution in [0, 0.1) is 0 Å². The van der Waals surface area contributed by atoms with Gasteiger partial charge in [0.05, 0.1) is 10.2 Å². The predicted octanol–water partition coefficient (Wildman–Crippen LogP) is 5.62. The lowest BCUT2D eigenvalue weighted by atomic mass is 10.2. The van der Waals surface area contributed by atoms with E-state index < -0.39 is 0 Å². The van der Waals surface area contributed by atoms with E-state index in [1.165, 1.54) is 10.8 Å². The van der Waals surface area contributed by atoms with E-state index in [2.05, 4.69) is 16.4 Å². The number of carbonyl (C=O) groups is 1. The van der Waals surface area contributed by atoms with Crippen molar-refractivity contribution < 1.29 is 4.79 Å². The quantitative estimate of drug-likeness (QED) is 0.483. The highest BCUT2D eigenvalue weighted by molar-refractivity contribution is 7.21. The van der Waals surface area contributed by atoms with Crippen LogP contribution in [-0.4, -0.2) is 10.9 Å². The summed E-state index contributed by atoms with van der Waals surface area (Å²) in [5, 5.41) is 3.85. The minimum atomic E-state index is -0.151. The van der Waals surface area contributed by atoms with E-state index in [0.717, 1.165) is 27.3 Å². The number of carbonyl (C=O) groups excluding carboxylic acids is 1. The van der Waals surface area contributed by atoms with Gasteiger partial charge in [-0.3, -0.25) is 4.79 Å². The van der Waals surface area contributed by atoms with Crippen LogP contribution >= 0.6 is 11.3 Å². The van der Waals surface area contributed by atoms with E-state index in [4.69, 9.17) is 0 Å². The van der Waals surface area contributed by atoms with Gasteiger partial charge in [-0.05, 0) is 48.0 Å². The second-order valence-electron chi connectivity index (χ2n) is 5.80. The van der Waals surface area contributed by atoms with Gasteiger partial charge in [-0.25, -0.2) is 4.98 Å². The molecule has 0 bridgehead atoms. The number of thiazole rings is 1. The van der Waals surface area contributed by atoms with Crippen LogP contribution in [0.2, 0.25) is 0 Å². The summed E-state index contributed by atoms with van der Waals surface area (Å²) in [5.41, 5.74) is 3.81. The van der Waals surface area contributed by atoms with Gasteiger partial charge in [-0.15, -0.1) is 11.3 Å². The Hall–Kier alpha value is -3.24. The van der Waals surface area contributed by atoms with Crippen LogP contribution in [0.5, 0.6) is 0 Å². The molecule has 1 amide bonds. The third kappa shape index (κ3) is 3.71. The van der Waals surface area contributed by atoms with Gasteiger partial charge in [0.15, 0.2) is 0 Å². The number of para-hydroxylation sites is 1. The number of fused-ring (bicyclic) bond motifs is 1. The Morgan fingerprint density at radius 3 is 2.38 bits per heavy atom. The predicted molar refractivity (Wildman–Crippen MR) is 109 cm³/mol. The van der Waals surface area contributed by atoms with E-state index >= 15 is 0 Å². The number of nitrogens with one attached hydrogen (secondary N) is 1. The molecule has 0 atom stereocenters. The Morgan fingerprint density at radius 1 is 0.885 bits per heavy atom. The molecule has 1 N–H and O–H groups in total. The maximum Gasteiger partial charge on any atom is 0.248 e. The number of rotatable bonds is 4. The smallest absolute Gasteiger partial charge is 0.248 e. The maximum atomic E-state index is 12.0. The van der Waals surface area contributed by atoms with Crippen LogP contribution in [0.15, 0.2) is 84.9 Å². The van der Waals surface area contributed by atoms with Crippen molar-refractivity contribution in [1.29, 1.82) is 0 Å². The van der Waals surface area contributed by atoms with Crippen molar-refractivity contribution >= 4 is 39.2 Å². The molecular weight excluding hydrogens is 340 g/mol. The van der Waals surface area contributed by atoms with Gasteiger partial charge in [0.1, 0.15) is 5.01 Å². The summed E-state index contributed by atoms with van der Waals surface area (Å²) in [5.74, 6) is -0.151. The molecule has 0 spiro atoms. The molecule has 0 unspecified atom stereocenters. The van der Waals surface area contributed by atoms with E-state index in [-0.39, 0.29) is 5.91 Å². The molecule has 0 fully saturated rings. The fourth-order valence-corrected chi connectivity index (χ4v) is 3.58. The molecular formula is C22H16N2OS. The molecule has 26 heavy (non-hydrogen) atoms. The SMILES string of the molecule is O=C(C=Cc1ccccc1)Nc1ccc(-c2nc3ccccc3s2)cc1. The summed E-state index contributed by atoms with van der Waals surface area (Å²) >= 11 is 1.67. The molecule has 3 aromatic carbocycles. The van der Waals surface area contributed by atoms with Crippen molar-refractivity contribution in [2.24, 2.45) is 0 Å². The second-order valence-corrected chi connectivity index (χ2v) is 6.83. The molecule has 4 heteroatoms. The number of amides is 1. The fourth-order valence-electron chi connectivity index (χ4n) is 2.61. The van der Waals surface area contributed by atoms with Crippen molar-refractivity contribution in [1.82, 2.24) is 4.98 Å². The van der Waals surface area contributed by atoms with Gasteiger partial charge in [0.2, 0.25) is 5.91 Å². The molecule has 0 aliphatic heterocycles. The zero-order valence-corrected chi connectivity index (χ0v) is 14.7. The number of aromatic nitrogens is 1. The second kappa shape index (κ2) is 7.33. The third-order valence-electron chi connectivity index (χ3n) is 3.92. The van der Waals surface area contributed by atoms with Gasteiger partial charge in [-0.1, -0.05) is 42.5 Å². The van der Waals surface area contributed by atoms with Gasteiger partial charge in [0.25, 0.3) is 0 Å². The molecule has 126 valence electrons. The summed E-state index contributed by atoms with van der Waals surface area (Å²) in [6.07, 6.45) is 3.33. The van der Waals surface area contributed by atoms with Crippen LogP contribution in [0.4, 0.5) is 5.69 Å². The van der Waals surface area contributed by atoms with Crippen molar-refractivity contribution in [3.05, 3.63) is 90.5 Å². The molecule has 0 aliphatic carbocycles. The van der Waals surface area contributed by atoms with Crippen molar-refractivity contribution in [3.8, 4) is 10.6 Å². The van der Waals surface area contributed by atoms with E-state index in [9.17, 15) is 4.79 Å². The summed E-state index contributed by atoms with van der Waals surface area (Å²) in [7, 11) is 0.